The molecule has 0 aliphatic rings. The molecule has 27 heavy (non-hydrogen) atoms. The Kier molecular flexibility index (Phi) is 6.00. The molecule has 0 atom stereocenters. The van der Waals surface area contributed by atoms with Crippen molar-refractivity contribution in [3.63, 3.8) is 0 Å². The third-order valence-electron chi connectivity index (χ3n) is 3.47. The Morgan fingerprint density at radius 3 is 2.59 bits per heavy atom. The van der Waals surface area contributed by atoms with Gasteiger partial charge in [0.05, 0.1) is 15.7 Å². The number of esters is 1. The van der Waals surface area contributed by atoms with E-state index in [9.17, 15) is 9.59 Å². The number of rotatable bonds is 6. The van der Waals surface area contributed by atoms with Crippen molar-refractivity contribution in [3.05, 3.63) is 70.0 Å². The Morgan fingerprint density at radius 2 is 1.85 bits per heavy atom. The molecule has 0 saturated heterocycles. The third kappa shape index (κ3) is 4.81. The van der Waals surface area contributed by atoms with Crippen LogP contribution in [0.15, 0.2) is 48.5 Å². The van der Waals surface area contributed by atoms with E-state index in [2.05, 4.69) is 20.8 Å². The zero-order chi connectivity index (χ0) is 19.2. The fourth-order valence-corrected chi connectivity index (χ4v) is 2.45. The van der Waals surface area contributed by atoms with Crippen LogP contribution in [0.3, 0.4) is 0 Å². The predicted octanol–water partition coefficient (Wildman–Crippen LogP) is 2.44. The van der Waals surface area contributed by atoms with E-state index in [0.717, 1.165) is 5.69 Å². The second-order valence-electron chi connectivity index (χ2n) is 5.31. The first-order chi connectivity index (χ1) is 13.0. The van der Waals surface area contributed by atoms with Gasteiger partial charge in [-0.3, -0.25) is 9.59 Å². The van der Waals surface area contributed by atoms with Crippen LogP contribution in [0.1, 0.15) is 16.2 Å². The van der Waals surface area contributed by atoms with E-state index in [4.69, 9.17) is 27.9 Å². The summed E-state index contributed by atoms with van der Waals surface area (Å²) in [5.74, 6) is -0.754. The van der Waals surface area contributed by atoms with Gasteiger partial charge in [0.1, 0.15) is 6.54 Å². The summed E-state index contributed by atoms with van der Waals surface area (Å²) in [6.07, 6.45) is 0. The minimum Gasteiger partial charge on any atom is -0.456 e. The lowest BCUT2D eigenvalue weighted by Crippen LogP contribution is -2.30. The maximum absolute atomic E-state index is 12.0. The van der Waals surface area contributed by atoms with E-state index in [0.29, 0.717) is 10.8 Å². The predicted molar refractivity (Wildman–Crippen MR) is 97.7 cm³/mol. The number of nitrogens with one attached hydrogen (secondary N) is 1. The van der Waals surface area contributed by atoms with Crippen LogP contribution < -0.4 is 5.32 Å². The number of tetrazole rings is 1. The number of benzene rings is 2. The first-order valence-corrected chi connectivity index (χ1v) is 8.52. The Balaban J connectivity index is 1.53. The average Bonchev–Trinajstić information content (AvgIpc) is 3.16. The number of halogens is 2. The fraction of sp³-hybridized carbons (Fsp3) is 0.118. The number of carbonyl (C=O) groups excluding carboxylic acids is 2. The van der Waals surface area contributed by atoms with Crippen molar-refractivity contribution in [3.8, 4) is 5.69 Å². The van der Waals surface area contributed by atoms with Gasteiger partial charge in [0.15, 0.2) is 12.4 Å². The normalized spacial score (nSPS) is 10.4. The summed E-state index contributed by atoms with van der Waals surface area (Å²) in [5, 5.41) is 14.3. The average molecular weight is 406 g/mol. The van der Waals surface area contributed by atoms with Crippen LogP contribution in [-0.2, 0) is 16.1 Å². The molecule has 3 rings (SSSR count). The molecule has 0 unspecified atom stereocenters. The SMILES string of the molecule is O=C(CNC(=O)c1ccc(Cl)c(Cl)c1)OCc1nnnn1-c1ccccc1. The monoisotopic (exact) mass is 405 g/mol. The highest BCUT2D eigenvalue weighted by atomic mass is 35.5. The summed E-state index contributed by atoms with van der Waals surface area (Å²) >= 11 is 11.7. The Bertz CT molecular complexity index is 962. The third-order valence-corrected chi connectivity index (χ3v) is 4.21. The first-order valence-electron chi connectivity index (χ1n) is 7.76. The van der Waals surface area contributed by atoms with E-state index < -0.39 is 11.9 Å². The largest absolute Gasteiger partial charge is 0.456 e. The molecule has 0 aliphatic heterocycles. The summed E-state index contributed by atoms with van der Waals surface area (Å²) in [7, 11) is 0. The van der Waals surface area contributed by atoms with Crippen LogP contribution >= 0.6 is 23.2 Å². The van der Waals surface area contributed by atoms with Gasteiger partial charge in [-0.15, -0.1) is 5.10 Å². The van der Waals surface area contributed by atoms with Gasteiger partial charge in [-0.25, -0.2) is 0 Å². The number of nitrogens with zero attached hydrogens (tertiary/aromatic N) is 4. The van der Waals surface area contributed by atoms with Crippen molar-refractivity contribution in [2.45, 2.75) is 6.61 Å². The van der Waals surface area contributed by atoms with Crippen molar-refractivity contribution in [1.29, 1.82) is 0 Å². The molecule has 0 fully saturated rings. The highest BCUT2D eigenvalue weighted by molar-refractivity contribution is 6.42. The van der Waals surface area contributed by atoms with Gasteiger partial charge in [0.2, 0.25) is 0 Å². The minimum absolute atomic E-state index is 0.136. The maximum atomic E-state index is 12.0. The highest BCUT2D eigenvalue weighted by Gasteiger charge is 2.13. The van der Waals surface area contributed by atoms with Crippen LogP contribution in [0.2, 0.25) is 10.0 Å². The molecule has 0 saturated carbocycles. The quantitative estimate of drug-likeness (QED) is 0.632. The summed E-state index contributed by atoms with van der Waals surface area (Å²) in [6.45, 7) is -0.449. The van der Waals surface area contributed by atoms with Gasteiger partial charge < -0.3 is 10.1 Å². The molecule has 0 aliphatic carbocycles. The molecule has 2 aromatic carbocycles. The van der Waals surface area contributed by atoms with E-state index in [-0.39, 0.29) is 23.7 Å². The number of carbonyl (C=O) groups is 2. The Labute approximate surface area is 164 Å². The molecule has 1 amide bonds. The molecule has 1 N–H and O–H groups in total. The number of para-hydroxylation sites is 1. The van der Waals surface area contributed by atoms with Crippen LogP contribution in [-0.4, -0.2) is 38.6 Å². The van der Waals surface area contributed by atoms with Gasteiger partial charge in [-0.05, 0) is 40.8 Å². The molecule has 1 aromatic heterocycles. The molecule has 1 heterocycles. The van der Waals surface area contributed by atoms with Crippen LogP contribution in [0, 0.1) is 0 Å². The van der Waals surface area contributed by atoms with E-state index in [1.54, 1.807) is 0 Å². The first kappa shape index (κ1) is 18.8. The smallest absolute Gasteiger partial charge is 0.325 e. The number of aromatic nitrogens is 4. The molecule has 0 radical (unpaired) electrons. The number of amides is 1. The lowest BCUT2D eigenvalue weighted by Gasteiger charge is -2.07. The number of ether oxygens (including phenoxy) is 1. The van der Waals surface area contributed by atoms with Crippen LogP contribution in [0.25, 0.3) is 5.69 Å². The van der Waals surface area contributed by atoms with Gasteiger partial charge in [-0.1, -0.05) is 41.4 Å². The highest BCUT2D eigenvalue weighted by Crippen LogP contribution is 2.22. The maximum Gasteiger partial charge on any atom is 0.325 e. The molecule has 10 heteroatoms. The summed E-state index contributed by atoms with van der Waals surface area (Å²) in [5.41, 5.74) is 1.02. The Hall–Kier alpha value is -2.97. The number of hydrogen-bond acceptors (Lipinski definition) is 6. The van der Waals surface area contributed by atoms with Crippen molar-refractivity contribution in [1.82, 2.24) is 25.5 Å². The zero-order valence-corrected chi connectivity index (χ0v) is 15.3. The van der Waals surface area contributed by atoms with Gasteiger partial charge in [0, 0.05) is 5.56 Å². The standard InChI is InChI=1S/C17H13Cl2N5O3/c18-13-7-6-11(8-14(13)19)17(26)20-9-16(25)27-10-15-21-22-23-24(15)12-4-2-1-3-5-12/h1-8H,9-10H2,(H,20,26). The van der Waals surface area contributed by atoms with Crippen LogP contribution in [0.5, 0.6) is 0 Å². The van der Waals surface area contributed by atoms with Gasteiger partial charge >= 0.3 is 5.97 Å². The summed E-state index contributed by atoms with van der Waals surface area (Å²) in [6, 6.07) is 13.6. The minimum atomic E-state index is -0.633. The van der Waals surface area contributed by atoms with Crippen LogP contribution in [0.4, 0.5) is 0 Å². The fourth-order valence-electron chi connectivity index (χ4n) is 2.15. The van der Waals surface area contributed by atoms with Crippen molar-refractivity contribution >= 4 is 35.1 Å². The second-order valence-corrected chi connectivity index (χ2v) is 6.13. The zero-order valence-electron chi connectivity index (χ0n) is 13.8. The topological polar surface area (TPSA) is 99.0 Å². The lowest BCUT2D eigenvalue weighted by atomic mass is 10.2. The Morgan fingerprint density at radius 1 is 1.07 bits per heavy atom. The van der Waals surface area contributed by atoms with Gasteiger partial charge in [-0.2, -0.15) is 4.68 Å². The van der Waals surface area contributed by atoms with Gasteiger partial charge in [0.25, 0.3) is 5.91 Å². The van der Waals surface area contributed by atoms with Crippen molar-refractivity contribution < 1.29 is 14.3 Å². The molecule has 0 spiro atoms. The summed E-state index contributed by atoms with van der Waals surface area (Å²) in [4.78, 5) is 23.9. The molecular formula is C17H13Cl2N5O3. The molecule has 8 nitrogen and oxygen atoms in total. The molecule has 138 valence electrons. The van der Waals surface area contributed by atoms with E-state index >= 15 is 0 Å². The van der Waals surface area contributed by atoms with Crippen molar-refractivity contribution in [2.24, 2.45) is 0 Å². The number of hydrogen-bond donors (Lipinski definition) is 1. The van der Waals surface area contributed by atoms with E-state index in [1.165, 1.54) is 22.9 Å². The lowest BCUT2D eigenvalue weighted by molar-refractivity contribution is -0.143. The summed E-state index contributed by atoms with van der Waals surface area (Å²) < 4.78 is 6.57. The molecule has 3 aromatic rings. The molecule has 0 bridgehead atoms. The second kappa shape index (κ2) is 8.61. The van der Waals surface area contributed by atoms with Crippen molar-refractivity contribution in [2.75, 3.05) is 6.54 Å². The van der Waals surface area contributed by atoms with E-state index in [1.807, 2.05) is 30.3 Å². The molecular weight excluding hydrogens is 393 g/mol.